The van der Waals surface area contributed by atoms with E-state index in [1.54, 1.807) is 25.4 Å². The number of benzene rings is 2. The van der Waals surface area contributed by atoms with Gasteiger partial charge in [0.2, 0.25) is 5.91 Å². The van der Waals surface area contributed by atoms with Gasteiger partial charge in [-0.2, -0.15) is 0 Å². The summed E-state index contributed by atoms with van der Waals surface area (Å²) in [4.78, 5) is 19.2. The van der Waals surface area contributed by atoms with E-state index in [1.165, 1.54) is 0 Å². The lowest BCUT2D eigenvalue weighted by molar-refractivity contribution is -0.123. The molecule has 1 fully saturated rings. The second-order valence-electron chi connectivity index (χ2n) is 10.4. The number of rotatable bonds is 6. The van der Waals surface area contributed by atoms with Gasteiger partial charge in [-0.15, -0.1) is 0 Å². The first kappa shape index (κ1) is 28.0. The summed E-state index contributed by atoms with van der Waals surface area (Å²) < 4.78 is 12.1. The molecule has 3 heterocycles. The molecule has 0 radical (unpaired) electrons. The number of pyridine rings is 1. The molecule has 40 heavy (non-hydrogen) atoms. The Balaban J connectivity index is 1.56. The zero-order valence-corrected chi connectivity index (χ0v) is 24.7. The zero-order chi connectivity index (χ0) is 28.6. The molecule has 0 spiro atoms. The van der Waals surface area contributed by atoms with Gasteiger partial charge in [0.05, 0.1) is 34.6 Å². The topological polar surface area (TPSA) is 79.6 Å². The molecule has 0 aliphatic carbocycles. The van der Waals surface area contributed by atoms with E-state index in [2.05, 4.69) is 15.6 Å². The number of nitrogens with zero attached hydrogens (tertiary/aromatic N) is 2. The van der Waals surface area contributed by atoms with E-state index in [1.807, 2.05) is 80.3 Å². The molecular weight excluding hydrogens is 567 g/mol. The van der Waals surface area contributed by atoms with E-state index in [4.69, 9.17) is 44.6 Å². The highest BCUT2D eigenvalue weighted by molar-refractivity contribution is 7.80. The number of carbonyl (C=O) groups is 1. The highest BCUT2D eigenvalue weighted by atomic mass is 35.5. The number of nitrogens with one attached hydrogen (secondary N) is 2. The highest BCUT2D eigenvalue weighted by Gasteiger charge is 2.43. The maximum atomic E-state index is 12.6. The van der Waals surface area contributed by atoms with Crippen molar-refractivity contribution in [1.29, 1.82) is 0 Å². The minimum Gasteiger partial charge on any atom is -0.494 e. The van der Waals surface area contributed by atoms with Crippen LogP contribution in [0.25, 0.3) is 11.3 Å². The fraction of sp³-hybridized carbons (Fsp3) is 0.233. The number of amides is 1. The number of methoxy groups -OCH3 is 1. The van der Waals surface area contributed by atoms with Gasteiger partial charge in [-0.3, -0.25) is 9.78 Å². The average Bonchev–Trinajstić information content (AvgIpc) is 3.55. The Morgan fingerprint density at radius 3 is 2.55 bits per heavy atom. The van der Waals surface area contributed by atoms with Crippen molar-refractivity contribution >= 4 is 57.8 Å². The van der Waals surface area contributed by atoms with Gasteiger partial charge in [0.1, 0.15) is 23.3 Å². The highest BCUT2D eigenvalue weighted by Crippen LogP contribution is 2.44. The van der Waals surface area contributed by atoms with Crippen molar-refractivity contribution in [1.82, 2.24) is 10.3 Å². The van der Waals surface area contributed by atoms with Gasteiger partial charge in [-0.05, 0) is 66.8 Å². The maximum Gasteiger partial charge on any atom is 0.229 e. The molecule has 0 unspecified atom stereocenters. The van der Waals surface area contributed by atoms with Crippen LogP contribution in [0, 0.1) is 5.41 Å². The van der Waals surface area contributed by atoms with E-state index in [0.717, 1.165) is 16.9 Å². The Labute approximate surface area is 248 Å². The lowest BCUT2D eigenvalue weighted by Gasteiger charge is -2.27. The number of ether oxygens (including phenoxy) is 1. The summed E-state index contributed by atoms with van der Waals surface area (Å²) in [6, 6.07) is 19.8. The molecule has 10 heteroatoms. The molecule has 2 N–H and O–H groups in total. The number of furan rings is 1. The minimum absolute atomic E-state index is 0.115. The molecule has 1 amide bonds. The zero-order valence-electron chi connectivity index (χ0n) is 22.4. The molecule has 2 aromatic carbocycles. The predicted octanol–water partition coefficient (Wildman–Crippen LogP) is 7.82. The SMILES string of the molecule is COc1cc(N2C(=S)N[C@@H](c3ccccn3)[C@@H]2c2ccc(-c3ccc(Cl)c(Cl)c3)o2)ccc1NC(=O)C(C)(C)C. The van der Waals surface area contributed by atoms with Gasteiger partial charge in [0, 0.05) is 28.9 Å². The van der Waals surface area contributed by atoms with Crippen molar-refractivity contribution in [3.63, 3.8) is 0 Å². The van der Waals surface area contributed by atoms with Crippen LogP contribution in [0.4, 0.5) is 11.4 Å². The Kier molecular flexibility index (Phi) is 7.77. The smallest absolute Gasteiger partial charge is 0.229 e. The monoisotopic (exact) mass is 594 g/mol. The van der Waals surface area contributed by atoms with Crippen LogP contribution in [0.1, 0.15) is 44.3 Å². The molecule has 0 bridgehead atoms. The van der Waals surface area contributed by atoms with Gasteiger partial charge in [-0.25, -0.2) is 0 Å². The number of thiocarbonyl (C=S) groups is 1. The summed E-state index contributed by atoms with van der Waals surface area (Å²) in [6.45, 7) is 5.57. The standard InChI is InChI=1S/C30H28Cl2N4O3S/c1-30(2,3)28(37)34-21-11-9-18(16-25(21)38-4)36-27(26(35-29(36)40)22-7-5-6-14-33-22)24-13-12-23(39-24)17-8-10-19(31)20(32)15-17/h5-16,26-27H,1-4H3,(H,34,37)(H,35,40)/t26-,27-/m0/s1. The van der Waals surface area contributed by atoms with Gasteiger partial charge in [0.15, 0.2) is 5.11 Å². The number of anilines is 2. The Morgan fingerprint density at radius 1 is 1.07 bits per heavy atom. The molecule has 1 saturated heterocycles. The van der Waals surface area contributed by atoms with E-state index in [0.29, 0.717) is 38.1 Å². The van der Waals surface area contributed by atoms with Gasteiger partial charge in [-0.1, -0.05) is 50.0 Å². The predicted molar refractivity (Wildman–Crippen MR) is 163 cm³/mol. The number of hydrogen-bond donors (Lipinski definition) is 2. The molecule has 2 atom stereocenters. The molecule has 5 rings (SSSR count). The van der Waals surface area contributed by atoms with Crippen LogP contribution in [0.3, 0.4) is 0 Å². The number of carbonyl (C=O) groups excluding carboxylic acids is 1. The van der Waals surface area contributed by atoms with Crippen molar-refractivity contribution in [3.05, 3.63) is 94.4 Å². The maximum absolute atomic E-state index is 12.6. The van der Waals surface area contributed by atoms with Crippen LogP contribution in [-0.4, -0.2) is 23.1 Å². The summed E-state index contributed by atoms with van der Waals surface area (Å²) in [6.07, 6.45) is 1.75. The second kappa shape index (κ2) is 11.1. The fourth-order valence-electron chi connectivity index (χ4n) is 4.48. The normalized spacial score (nSPS) is 17.1. The summed E-state index contributed by atoms with van der Waals surface area (Å²) in [5.41, 5.74) is 2.39. The first-order valence-corrected chi connectivity index (χ1v) is 13.8. The number of halogens is 2. The van der Waals surface area contributed by atoms with E-state index in [-0.39, 0.29) is 18.0 Å². The number of hydrogen-bond acceptors (Lipinski definition) is 5. The third-order valence-corrected chi connectivity index (χ3v) is 7.67. The Hall–Kier alpha value is -3.59. The Morgan fingerprint density at radius 2 is 1.88 bits per heavy atom. The molecule has 2 aromatic heterocycles. The van der Waals surface area contributed by atoms with Gasteiger partial charge < -0.3 is 24.7 Å². The quantitative estimate of drug-likeness (QED) is 0.220. The van der Waals surface area contributed by atoms with Gasteiger partial charge >= 0.3 is 0 Å². The van der Waals surface area contributed by atoms with E-state index < -0.39 is 5.41 Å². The third kappa shape index (κ3) is 5.52. The molecule has 206 valence electrons. The average molecular weight is 596 g/mol. The van der Waals surface area contributed by atoms with Crippen molar-refractivity contribution in [2.75, 3.05) is 17.3 Å². The summed E-state index contributed by atoms with van der Waals surface area (Å²) in [5.74, 6) is 1.71. The first-order valence-electron chi connectivity index (χ1n) is 12.6. The third-order valence-electron chi connectivity index (χ3n) is 6.61. The molecule has 1 aliphatic heterocycles. The molecule has 1 aliphatic rings. The number of aromatic nitrogens is 1. The molecule has 4 aromatic rings. The molecule has 0 saturated carbocycles. The van der Waals surface area contributed by atoms with Crippen molar-refractivity contribution in [2.45, 2.75) is 32.9 Å². The van der Waals surface area contributed by atoms with Crippen LogP contribution >= 0.6 is 35.4 Å². The summed E-state index contributed by atoms with van der Waals surface area (Å²) in [7, 11) is 1.57. The van der Waals surface area contributed by atoms with E-state index >= 15 is 0 Å². The minimum atomic E-state index is -0.559. The van der Waals surface area contributed by atoms with Crippen LogP contribution in [-0.2, 0) is 4.79 Å². The van der Waals surface area contributed by atoms with Crippen molar-refractivity contribution in [3.8, 4) is 17.1 Å². The second-order valence-corrected chi connectivity index (χ2v) is 11.6. The van der Waals surface area contributed by atoms with Crippen molar-refractivity contribution in [2.24, 2.45) is 5.41 Å². The van der Waals surface area contributed by atoms with Crippen LogP contribution < -0.4 is 20.3 Å². The molecular formula is C30H28Cl2N4O3S. The molecule has 7 nitrogen and oxygen atoms in total. The first-order chi connectivity index (χ1) is 19.1. The summed E-state index contributed by atoms with van der Waals surface area (Å²) >= 11 is 18.2. The largest absolute Gasteiger partial charge is 0.494 e. The van der Waals surface area contributed by atoms with Crippen LogP contribution in [0.15, 0.2) is 77.3 Å². The fourth-order valence-corrected chi connectivity index (χ4v) is 5.13. The lowest BCUT2D eigenvalue weighted by Crippen LogP contribution is -2.30. The van der Waals surface area contributed by atoms with Crippen LogP contribution in [0.2, 0.25) is 10.0 Å². The summed E-state index contributed by atoms with van der Waals surface area (Å²) in [5, 5.41) is 7.80. The van der Waals surface area contributed by atoms with E-state index in [9.17, 15) is 4.79 Å². The lowest BCUT2D eigenvalue weighted by atomic mass is 9.95. The Bertz CT molecular complexity index is 1570. The van der Waals surface area contributed by atoms with Gasteiger partial charge in [0.25, 0.3) is 0 Å². The van der Waals surface area contributed by atoms with Crippen molar-refractivity contribution < 1.29 is 13.9 Å². The van der Waals surface area contributed by atoms with Crippen LogP contribution in [0.5, 0.6) is 5.75 Å².